The highest BCUT2D eigenvalue weighted by atomic mass is 16.5. The van der Waals surface area contributed by atoms with Crippen molar-refractivity contribution in [3.8, 4) is 6.01 Å². The Bertz CT molecular complexity index is 869. The Kier molecular flexibility index (Phi) is 6.46. The van der Waals surface area contributed by atoms with Gasteiger partial charge in [-0.05, 0) is 69.6 Å². The third-order valence-electron chi connectivity index (χ3n) is 6.06. The number of nitrogens with one attached hydrogen (secondary N) is 2. The summed E-state index contributed by atoms with van der Waals surface area (Å²) in [6.45, 7) is 5.11. The zero-order valence-electron chi connectivity index (χ0n) is 18.3. The van der Waals surface area contributed by atoms with Gasteiger partial charge in [-0.1, -0.05) is 0 Å². The second-order valence-corrected chi connectivity index (χ2v) is 8.93. The van der Waals surface area contributed by atoms with Gasteiger partial charge in [0.25, 0.3) is 6.01 Å². The van der Waals surface area contributed by atoms with Crippen LogP contribution in [-0.2, 0) is 16.6 Å². The first-order chi connectivity index (χ1) is 14.5. The van der Waals surface area contributed by atoms with Crippen molar-refractivity contribution in [1.82, 2.24) is 14.9 Å². The van der Waals surface area contributed by atoms with Crippen molar-refractivity contribution in [3.05, 3.63) is 18.2 Å². The van der Waals surface area contributed by atoms with Crippen LogP contribution in [-0.4, -0.2) is 46.9 Å². The van der Waals surface area contributed by atoms with Crippen LogP contribution in [0.15, 0.2) is 18.2 Å². The minimum atomic E-state index is -0.0171. The maximum atomic E-state index is 11.1. The fourth-order valence-corrected chi connectivity index (χ4v) is 4.10. The molecule has 164 valence electrons. The number of rotatable bonds is 9. The maximum Gasteiger partial charge on any atom is 0.297 e. The number of carbonyl (C=O) groups excluding carboxylic acids is 1. The number of carbonyl (C=O) groups is 1. The van der Waals surface area contributed by atoms with Crippen LogP contribution >= 0.6 is 0 Å². The molecule has 1 amide bonds. The van der Waals surface area contributed by atoms with Gasteiger partial charge >= 0.3 is 0 Å². The minimum absolute atomic E-state index is 0.0171. The number of hydrogen-bond acceptors (Lipinski definition) is 5. The van der Waals surface area contributed by atoms with Gasteiger partial charge in [-0.2, -0.15) is 4.98 Å². The van der Waals surface area contributed by atoms with Crippen LogP contribution in [0.25, 0.3) is 11.0 Å². The summed E-state index contributed by atoms with van der Waals surface area (Å²) in [5.41, 5.74) is 3.21. The lowest BCUT2D eigenvalue weighted by atomic mass is 9.95. The van der Waals surface area contributed by atoms with Crippen molar-refractivity contribution in [1.29, 1.82) is 0 Å². The molecule has 2 fully saturated rings. The lowest BCUT2D eigenvalue weighted by Gasteiger charge is -2.29. The van der Waals surface area contributed by atoms with Crippen molar-refractivity contribution in [2.45, 2.75) is 70.6 Å². The highest BCUT2D eigenvalue weighted by Gasteiger charge is 2.25. The lowest BCUT2D eigenvalue weighted by molar-refractivity contribution is -0.120. The minimum Gasteiger partial charge on any atom is -0.461 e. The number of fused-ring (bicyclic) bond motifs is 1. The molecule has 0 unspecified atom stereocenters. The molecule has 30 heavy (non-hydrogen) atoms. The third-order valence-corrected chi connectivity index (χ3v) is 6.06. The molecule has 0 saturated heterocycles. The van der Waals surface area contributed by atoms with Crippen LogP contribution in [0.1, 0.15) is 52.4 Å². The van der Waals surface area contributed by atoms with Gasteiger partial charge in [-0.15, -0.1) is 0 Å². The van der Waals surface area contributed by atoms with E-state index >= 15 is 0 Å². The van der Waals surface area contributed by atoms with E-state index in [0.717, 1.165) is 54.9 Å². The number of anilines is 1. The monoisotopic (exact) mass is 414 g/mol. The number of ether oxygens (including phenoxy) is 2. The van der Waals surface area contributed by atoms with E-state index in [1.54, 1.807) is 0 Å². The summed E-state index contributed by atoms with van der Waals surface area (Å²) in [5, 5.41) is 6.39. The van der Waals surface area contributed by atoms with Crippen molar-refractivity contribution in [2.24, 2.45) is 13.0 Å². The topological polar surface area (TPSA) is 77.4 Å². The molecule has 7 nitrogen and oxygen atoms in total. The van der Waals surface area contributed by atoms with Gasteiger partial charge in [-0.3, -0.25) is 9.36 Å². The van der Waals surface area contributed by atoms with Crippen molar-refractivity contribution >= 4 is 22.6 Å². The molecule has 2 N–H and O–H groups in total. The largest absolute Gasteiger partial charge is 0.461 e. The zero-order valence-corrected chi connectivity index (χ0v) is 18.3. The highest BCUT2D eigenvalue weighted by Crippen LogP contribution is 2.31. The molecule has 0 radical (unpaired) electrons. The van der Waals surface area contributed by atoms with Gasteiger partial charge < -0.3 is 20.1 Å². The summed E-state index contributed by atoms with van der Waals surface area (Å²) in [6.07, 6.45) is 6.95. The van der Waals surface area contributed by atoms with E-state index in [0.29, 0.717) is 12.6 Å². The first-order valence-electron chi connectivity index (χ1n) is 11.2. The van der Waals surface area contributed by atoms with Crippen LogP contribution in [0.3, 0.4) is 0 Å². The SMILES string of the molecule is CC(=O)N[C@@H](C)CO[C@H]1CC[C@H](Oc2nc3ccc(NCC4CC4)cc3n2C)CC1. The molecule has 1 aromatic heterocycles. The van der Waals surface area contributed by atoms with Crippen LogP contribution < -0.4 is 15.4 Å². The Labute approximate surface area is 178 Å². The maximum absolute atomic E-state index is 11.1. The first kappa shape index (κ1) is 21.0. The molecule has 7 heteroatoms. The summed E-state index contributed by atoms with van der Waals surface area (Å²) in [6, 6.07) is 7.07. The Balaban J connectivity index is 1.28. The third kappa shape index (κ3) is 5.45. The number of imidazole rings is 1. The van der Waals surface area contributed by atoms with E-state index in [2.05, 4.69) is 33.4 Å². The smallest absolute Gasteiger partial charge is 0.297 e. The fourth-order valence-electron chi connectivity index (χ4n) is 4.10. The summed E-state index contributed by atoms with van der Waals surface area (Å²) in [7, 11) is 2.02. The van der Waals surface area contributed by atoms with E-state index in [-0.39, 0.29) is 24.2 Å². The van der Waals surface area contributed by atoms with Gasteiger partial charge in [0.2, 0.25) is 5.91 Å². The van der Waals surface area contributed by atoms with Crippen LogP contribution in [0.4, 0.5) is 5.69 Å². The lowest BCUT2D eigenvalue weighted by Crippen LogP contribution is -2.37. The Morgan fingerprint density at radius 3 is 2.63 bits per heavy atom. The summed E-state index contributed by atoms with van der Waals surface area (Å²) in [4.78, 5) is 15.8. The van der Waals surface area contributed by atoms with E-state index in [9.17, 15) is 4.79 Å². The summed E-state index contributed by atoms with van der Waals surface area (Å²) < 4.78 is 14.3. The second kappa shape index (κ2) is 9.25. The van der Waals surface area contributed by atoms with Gasteiger partial charge in [0.1, 0.15) is 6.10 Å². The fraction of sp³-hybridized carbons (Fsp3) is 0.652. The van der Waals surface area contributed by atoms with Gasteiger partial charge in [0.05, 0.1) is 23.7 Å². The Hall–Kier alpha value is -2.28. The van der Waals surface area contributed by atoms with E-state index in [4.69, 9.17) is 14.5 Å². The van der Waals surface area contributed by atoms with Crippen molar-refractivity contribution in [2.75, 3.05) is 18.5 Å². The second-order valence-electron chi connectivity index (χ2n) is 8.93. The molecule has 0 spiro atoms. The number of aryl methyl sites for hydroxylation is 1. The predicted octanol–water partition coefficient (Wildman–Crippen LogP) is 3.63. The molecular weight excluding hydrogens is 380 g/mol. The average molecular weight is 415 g/mol. The van der Waals surface area contributed by atoms with Gasteiger partial charge in [-0.25, -0.2) is 0 Å². The van der Waals surface area contributed by atoms with Crippen LogP contribution in [0.2, 0.25) is 0 Å². The molecule has 2 aliphatic rings. The highest BCUT2D eigenvalue weighted by molar-refractivity contribution is 5.80. The van der Waals surface area contributed by atoms with E-state index < -0.39 is 0 Å². The molecule has 0 bridgehead atoms. The molecule has 4 rings (SSSR count). The number of benzene rings is 1. The molecule has 1 atom stereocenters. The molecule has 2 aromatic rings. The predicted molar refractivity (Wildman–Crippen MR) is 118 cm³/mol. The number of aromatic nitrogens is 2. The van der Waals surface area contributed by atoms with Crippen LogP contribution in [0, 0.1) is 5.92 Å². The molecule has 2 aliphatic carbocycles. The first-order valence-corrected chi connectivity index (χ1v) is 11.2. The number of amides is 1. The van der Waals surface area contributed by atoms with Crippen LogP contribution in [0.5, 0.6) is 6.01 Å². The molecule has 1 heterocycles. The zero-order chi connectivity index (χ0) is 21.1. The van der Waals surface area contributed by atoms with Crippen molar-refractivity contribution < 1.29 is 14.3 Å². The van der Waals surface area contributed by atoms with Gasteiger partial charge in [0, 0.05) is 32.2 Å². The Morgan fingerprint density at radius 2 is 1.93 bits per heavy atom. The molecular formula is C23H34N4O3. The molecule has 1 aromatic carbocycles. The standard InChI is InChI=1S/C23H34N4O3/c1-15(25-16(2)28)14-29-19-7-9-20(10-8-19)30-23-26-21-11-6-18(12-22(21)27(23)3)24-13-17-4-5-17/h6,11-12,15,17,19-20,24H,4-5,7-10,13-14H2,1-3H3,(H,25,28)/t15-,19-,20-/m0/s1. The molecule has 2 saturated carbocycles. The quantitative estimate of drug-likeness (QED) is 0.655. The normalized spacial score (nSPS) is 22.6. The summed E-state index contributed by atoms with van der Waals surface area (Å²) >= 11 is 0. The molecule has 0 aliphatic heterocycles. The van der Waals surface area contributed by atoms with E-state index in [1.165, 1.54) is 19.8 Å². The number of hydrogen-bond donors (Lipinski definition) is 2. The number of nitrogens with zero attached hydrogens (tertiary/aromatic N) is 2. The van der Waals surface area contributed by atoms with E-state index in [1.807, 2.05) is 14.0 Å². The summed E-state index contributed by atoms with van der Waals surface area (Å²) in [5.74, 6) is 0.829. The average Bonchev–Trinajstić information content (AvgIpc) is 3.50. The Morgan fingerprint density at radius 1 is 1.20 bits per heavy atom. The van der Waals surface area contributed by atoms with Gasteiger partial charge in [0.15, 0.2) is 0 Å². The van der Waals surface area contributed by atoms with Crippen molar-refractivity contribution in [3.63, 3.8) is 0 Å².